The molecule has 0 aliphatic heterocycles. The molecule has 2 aromatic heterocycles. The number of hydrogen-bond donors (Lipinski definition) is 0. The van der Waals surface area contributed by atoms with Crippen molar-refractivity contribution in [2.45, 2.75) is 0 Å². The molecule has 0 amide bonds. The lowest BCUT2D eigenvalue weighted by molar-refractivity contribution is 1.07. The molecule has 0 aliphatic rings. The van der Waals surface area contributed by atoms with Crippen molar-refractivity contribution in [1.82, 2.24) is 19.9 Å². The van der Waals surface area contributed by atoms with Gasteiger partial charge in [-0.3, -0.25) is 4.98 Å². The molecule has 0 aliphatic carbocycles. The molecule has 0 saturated carbocycles. The highest BCUT2D eigenvalue weighted by atomic mass is 15.0. The summed E-state index contributed by atoms with van der Waals surface area (Å²) >= 11 is 0. The Morgan fingerprint density at radius 2 is 0.821 bits per heavy atom. The van der Waals surface area contributed by atoms with Gasteiger partial charge in [0.05, 0.1) is 12.1 Å². The van der Waals surface area contributed by atoms with E-state index in [9.17, 15) is 0 Å². The van der Waals surface area contributed by atoms with Crippen LogP contribution in [0.1, 0.15) is 0 Å². The largest absolute Gasteiger partial charge is 0.256 e. The third-order valence-corrected chi connectivity index (χ3v) is 10.3. The predicted octanol–water partition coefficient (Wildman–Crippen LogP) is 13.3. The highest BCUT2D eigenvalue weighted by Gasteiger charge is 2.17. The third kappa shape index (κ3) is 5.92. The van der Waals surface area contributed by atoms with E-state index in [0.717, 1.165) is 71.7 Å². The molecule has 0 bridgehead atoms. The highest BCUT2D eigenvalue weighted by molar-refractivity contribution is 6.23. The molecule has 0 radical (unpaired) electrons. The van der Waals surface area contributed by atoms with Gasteiger partial charge in [-0.1, -0.05) is 146 Å². The molecule has 0 spiro atoms. The number of fused-ring (bicyclic) bond motifs is 5. The van der Waals surface area contributed by atoms with Crippen molar-refractivity contribution < 1.29 is 0 Å². The molecule has 0 fully saturated rings. The van der Waals surface area contributed by atoms with Crippen LogP contribution in [0.25, 0.3) is 105 Å². The van der Waals surface area contributed by atoms with Gasteiger partial charge in [0.25, 0.3) is 0 Å². The minimum Gasteiger partial charge on any atom is -0.256 e. The van der Waals surface area contributed by atoms with E-state index in [1.54, 1.807) is 0 Å². The van der Waals surface area contributed by atoms with Gasteiger partial charge in [0.1, 0.15) is 0 Å². The fourth-order valence-corrected chi connectivity index (χ4v) is 7.67. The molecule has 0 unspecified atom stereocenters. The molecular formula is C51H31N5. The summed E-state index contributed by atoms with van der Waals surface area (Å²) < 4.78 is 0. The number of nitrogens with zero attached hydrogens (tertiary/aromatic N) is 5. The standard InChI is InChI=1S/C51H31N5/c1-52-40-23-12-21-38(30-40)45-32-46-42-25-9-8-24-41(42)44(31-47(46)43-26-13-27-53-48(43)45)37-20-10-18-35(28-37)36-19-11-22-39(29-36)51-55-49(33-14-4-2-5-15-33)54-50(56-51)34-16-6-3-7-17-34/h2-32H. The second kappa shape index (κ2) is 13.9. The fraction of sp³-hybridized carbons (Fsp3) is 0. The summed E-state index contributed by atoms with van der Waals surface area (Å²) in [6.07, 6.45) is 1.85. The van der Waals surface area contributed by atoms with Crippen LogP contribution in [0.2, 0.25) is 0 Å². The van der Waals surface area contributed by atoms with E-state index < -0.39 is 0 Å². The van der Waals surface area contributed by atoms with Gasteiger partial charge in [-0.15, -0.1) is 0 Å². The number of pyridine rings is 1. The Bertz CT molecular complexity index is 3090. The highest BCUT2D eigenvalue weighted by Crippen LogP contribution is 2.42. The molecule has 5 heteroatoms. The lowest BCUT2D eigenvalue weighted by atomic mass is 9.88. The maximum Gasteiger partial charge on any atom is 0.187 e. The number of benzene rings is 8. The van der Waals surface area contributed by atoms with Crippen LogP contribution in [-0.4, -0.2) is 19.9 Å². The van der Waals surface area contributed by atoms with Crippen molar-refractivity contribution in [2.24, 2.45) is 0 Å². The van der Waals surface area contributed by atoms with Gasteiger partial charge in [-0.05, 0) is 85.8 Å². The summed E-state index contributed by atoms with van der Waals surface area (Å²) in [5, 5.41) is 5.70. The maximum atomic E-state index is 7.61. The molecule has 56 heavy (non-hydrogen) atoms. The average molecular weight is 714 g/mol. The lowest BCUT2D eigenvalue weighted by Crippen LogP contribution is -2.00. The lowest BCUT2D eigenvalue weighted by Gasteiger charge is -2.16. The van der Waals surface area contributed by atoms with Crippen molar-refractivity contribution in [3.8, 4) is 67.5 Å². The Morgan fingerprint density at radius 3 is 1.50 bits per heavy atom. The van der Waals surface area contributed by atoms with Crippen LogP contribution < -0.4 is 0 Å². The van der Waals surface area contributed by atoms with E-state index in [-0.39, 0.29) is 0 Å². The first-order valence-electron chi connectivity index (χ1n) is 18.5. The number of aromatic nitrogens is 4. The van der Waals surface area contributed by atoms with E-state index in [2.05, 4.69) is 102 Å². The van der Waals surface area contributed by atoms with E-state index in [1.165, 1.54) is 10.8 Å². The zero-order valence-corrected chi connectivity index (χ0v) is 30.1. The predicted molar refractivity (Wildman–Crippen MR) is 229 cm³/mol. The van der Waals surface area contributed by atoms with Gasteiger partial charge < -0.3 is 0 Å². The van der Waals surface area contributed by atoms with Gasteiger partial charge in [0, 0.05) is 33.8 Å². The Labute approximate surface area is 324 Å². The van der Waals surface area contributed by atoms with Gasteiger partial charge in [0.15, 0.2) is 23.2 Å². The van der Waals surface area contributed by atoms with E-state index in [4.69, 9.17) is 26.5 Å². The van der Waals surface area contributed by atoms with Gasteiger partial charge >= 0.3 is 0 Å². The van der Waals surface area contributed by atoms with Crippen LogP contribution >= 0.6 is 0 Å². The summed E-state index contributed by atoms with van der Waals surface area (Å²) in [4.78, 5) is 23.4. The van der Waals surface area contributed by atoms with Crippen LogP contribution in [0, 0.1) is 6.57 Å². The first-order chi connectivity index (χ1) is 27.7. The number of rotatable bonds is 6. The maximum absolute atomic E-state index is 7.61. The van der Waals surface area contributed by atoms with Crippen molar-refractivity contribution in [3.05, 3.63) is 200 Å². The molecule has 10 rings (SSSR count). The Hall–Kier alpha value is -7.81. The Kier molecular flexibility index (Phi) is 8.13. The molecular weight excluding hydrogens is 683 g/mol. The average Bonchev–Trinajstić information content (AvgIpc) is 3.29. The van der Waals surface area contributed by atoms with Crippen molar-refractivity contribution in [3.63, 3.8) is 0 Å². The van der Waals surface area contributed by atoms with Crippen LogP contribution in [0.15, 0.2) is 188 Å². The van der Waals surface area contributed by atoms with Gasteiger partial charge in [-0.2, -0.15) is 0 Å². The smallest absolute Gasteiger partial charge is 0.187 e. The topological polar surface area (TPSA) is 55.9 Å². The first kappa shape index (κ1) is 32.8. The zero-order valence-electron chi connectivity index (χ0n) is 30.1. The van der Waals surface area contributed by atoms with Crippen molar-refractivity contribution in [1.29, 1.82) is 0 Å². The summed E-state index contributed by atoms with van der Waals surface area (Å²) in [6, 6.07) is 62.5. The fourth-order valence-electron chi connectivity index (χ4n) is 7.67. The van der Waals surface area contributed by atoms with Crippen molar-refractivity contribution >= 4 is 38.1 Å². The molecule has 0 saturated heterocycles. The summed E-state index contributed by atoms with van der Waals surface area (Å²) in [6.45, 7) is 7.61. The second-order valence-corrected chi connectivity index (χ2v) is 13.8. The van der Waals surface area contributed by atoms with Gasteiger partial charge in [-0.25, -0.2) is 19.8 Å². The van der Waals surface area contributed by atoms with Crippen LogP contribution in [0.3, 0.4) is 0 Å². The molecule has 2 heterocycles. The zero-order chi connectivity index (χ0) is 37.4. The van der Waals surface area contributed by atoms with Crippen molar-refractivity contribution in [2.75, 3.05) is 0 Å². The van der Waals surface area contributed by atoms with E-state index in [1.807, 2.05) is 91.1 Å². The van der Waals surface area contributed by atoms with Crippen LogP contribution in [0.4, 0.5) is 5.69 Å². The minimum absolute atomic E-state index is 0.611. The third-order valence-electron chi connectivity index (χ3n) is 10.3. The second-order valence-electron chi connectivity index (χ2n) is 13.8. The molecule has 10 aromatic rings. The normalized spacial score (nSPS) is 11.2. The van der Waals surface area contributed by atoms with E-state index in [0.29, 0.717) is 23.2 Å². The molecule has 8 aromatic carbocycles. The molecule has 0 N–H and O–H groups in total. The quantitative estimate of drug-likeness (QED) is 0.127. The van der Waals surface area contributed by atoms with E-state index >= 15 is 0 Å². The summed E-state index contributed by atoms with van der Waals surface area (Å²) in [7, 11) is 0. The monoisotopic (exact) mass is 713 g/mol. The summed E-state index contributed by atoms with van der Waals surface area (Å²) in [5.74, 6) is 1.89. The number of hydrogen-bond acceptors (Lipinski definition) is 4. The Balaban J connectivity index is 1.11. The SMILES string of the molecule is [C-]#[N+]c1cccc(-c2cc3c4ccccc4c(-c4cccc(-c5cccc(-c6nc(-c7ccccc7)nc(-c7ccccc7)n6)c5)c4)cc3c3cccnc23)c1. The molecule has 5 nitrogen and oxygen atoms in total. The summed E-state index contributed by atoms with van der Waals surface area (Å²) in [5.41, 5.74) is 10.7. The minimum atomic E-state index is 0.611. The van der Waals surface area contributed by atoms with Crippen LogP contribution in [0.5, 0.6) is 0 Å². The Morgan fingerprint density at radius 1 is 0.339 bits per heavy atom. The van der Waals surface area contributed by atoms with Gasteiger partial charge in [0.2, 0.25) is 0 Å². The first-order valence-corrected chi connectivity index (χ1v) is 18.5. The molecule has 0 atom stereocenters. The van der Waals surface area contributed by atoms with Crippen LogP contribution in [-0.2, 0) is 0 Å². The molecule has 260 valence electrons.